The fourth-order valence-electron chi connectivity index (χ4n) is 1.44. The molecule has 0 aliphatic heterocycles. The van der Waals surface area contributed by atoms with Crippen molar-refractivity contribution in [3.05, 3.63) is 97.5 Å². The molecular weight excluding hydrogens is 280 g/mol. The first-order valence-electron chi connectivity index (χ1n) is 6.43. The molecule has 4 nitrogen and oxygen atoms in total. The molecule has 4 heteroatoms. The normalized spacial score (nSPS) is 8.73. The Balaban J connectivity index is 0.000000220. The van der Waals surface area contributed by atoms with Crippen molar-refractivity contribution in [3.8, 4) is 0 Å². The van der Waals surface area contributed by atoms with E-state index in [-0.39, 0.29) is 11.9 Å². The number of rotatable bonds is 4. The van der Waals surface area contributed by atoms with Gasteiger partial charge in [-0.15, -0.1) is 0 Å². The van der Waals surface area contributed by atoms with Crippen LogP contribution in [-0.2, 0) is 9.47 Å². The van der Waals surface area contributed by atoms with Crippen LogP contribution in [0.2, 0.25) is 0 Å². The average molecular weight is 296 g/mol. The maximum atomic E-state index is 11.0. The van der Waals surface area contributed by atoms with Crippen LogP contribution < -0.4 is 0 Å². The van der Waals surface area contributed by atoms with E-state index in [1.807, 2.05) is 12.1 Å². The van der Waals surface area contributed by atoms with Gasteiger partial charge in [-0.25, -0.2) is 9.59 Å². The Labute approximate surface area is 129 Å². The van der Waals surface area contributed by atoms with Crippen molar-refractivity contribution >= 4 is 11.9 Å². The Morgan fingerprint density at radius 3 is 1.27 bits per heavy atom. The number of esters is 2. The molecule has 0 fully saturated rings. The van der Waals surface area contributed by atoms with E-state index < -0.39 is 0 Å². The van der Waals surface area contributed by atoms with Gasteiger partial charge >= 0.3 is 11.9 Å². The Bertz CT molecular complexity index is 561. The second-order valence-corrected chi connectivity index (χ2v) is 3.88. The van der Waals surface area contributed by atoms with E-state index in [1.54, 1.807) is 48.5 Å². The summed E-state index contributed by atoms with van der Waals surface area (Å²) < 4.78 is 9.11. The molecule has 112 valence electrons. The standard InChI is InChI=1S/2C9H8O2/c2*1-2-11-9(10)8-6-4-3-5-7-8/h2*2-7H,1H2. The maximum absolute atomic E-state index is 11.0. The van der Waals surface area contributed by atoms with Crippen molar-refractivity contribution in [2.24, 2.45) is 0 Å². The highest BCUT2D eigenvalue weighted by Gasteiger charge is 2.02. The van der Waals surface area contributed by atoms with Gasteiger partial charge in [-0.3, -0.25) is 0 Å². The third kappa shape index (κ3) is 5.88. The van der Waals surface area contributed by atoms with Crippen LogP contribution in [0.15, 0.2) is 86.3 Å². The molecule has 0 amide bonds. The summed E-state index contributed by atoms with van der Waals surface area (Å²) in [6.45, 7) is 6.57. The molecule has 0 unspecified atom stereocenters. The number of carbonyl (C=O) groups excluding carboxylic acids is 2. The van der Waals surface area contributed by atoms with Crippen molar-refractivity contribution in [3.63, 3.8) is 0 Å². The van der Waals surface area contributed by atoms with Crippen LogP contribution >= 0.6 is 0 Å². The fraction of sp³-hybridized carbons (Fsp3) is 0. The molecule has 0 atom stereocenters. The highest BCUT2D eigenvalue weighted by atomic mass is 16.5. The minimum absolute atomic E-state index is 0.374. The van der Waals surface area contributed by atoms with Crippen molar-refractivity contribution < 1.29 is 19.1 Å². The molecule has 2 aromatic carbocycles. The van der Waals surface area contributed by atoms with Crippen LogP contribution in [0.4, 0.5) is 0 Å². The zero-order chi connectivity index (χ0) is 16.2. The number of benzene rings is 2. The first-order valence-corrected chi connectivity index (χ1v) is 6.43. The van der Waals surface area contributed by atoms with Gasteiger partial charge in [0, 0.05) is 0 Å². The first-order chi connectivity index (χ1) is 10.7. The van der Waals surface area contributed by atoms with Gasteiger partial charge in [0.05, 0.1) is 23.7 Å². The minimum Gasteiger partial charge on any atom is -0.432 e. The quantitative estimate of drug-likeness (QED) is 0.632. The summed E-state index contributed by atoms with van der Waals surface area (Å²) in [6.07, 6.45) is 2.24. The zero-order valence-corrected chi connectivity index (χ0v) is 12.0. The summed E-state index contributed by atoms with van der Waals surface area (Å²) in [7, 11) is 0. The van der Waals surface area contributed by atoms with Crippen molar-refractivity contribution in [1.82, 2.24) is 0 Å². The Morgan fingerprint density at radius 1 is 0.682 bits per heavy atom. The lowest BCUT2D eigenvalue weighted by atomic mass is 10.2. The topological polar surface area (TPSA) is 52.6 Å². The van der Waals surface area contributed by atoms with Crippen LogP contribution in [0.5, 0.6) is 0 Å². The molecule has 2 rings (SSSR count). The molecule has 0 N–H and O–H groups in total. The van der Waals surface area contributed by atoms with Crippen molar-refractivity contribution in [2.75, 3.05) is 0 Å². The molecule has 0 aliphatic carbocycles. The average Bonchev–Trinajstić information content (AvgIpc) is 2.57. The van der Waals surface area contributed by atoms with Gasteiger partial charge in [0.25, 0.3) is 0 Å². The second-order valence-electron chi connectivity index (χ2n) is 3.88. The number of ether oxygens (including phenoxy) is 2. The molecule has 0 radical (unpaired) electrons. The highest BCUT2D eigenvalue weighted by molar-refractivity contribution is 5.90. The third-order valence-corrected chi connectivity index (χ3v) is 2.40. The lowest BCUT2D eigenvalue weighted by Gasteiger charge is -1.96. The number of carbonyl (C=O) groups is 2. The molecule has 0 spiro atoms. The summed E-state index contributed by atoms with van der Waals surface area (Å²) in [4.78, 5) is 21.9. The third-order valence-electron chi connectivity index (χ3n) is 2.40. The van der Waals surface area contributed by atoms with E-state index in [0.29, 0.717) is 11.1 Å². The molecule has 22 heavy (non-hydrogen) atoms. The predicted octanol–water partition coefficient (Wildman–Crippen LogP) is 3.97. The molecule has 0 saturated heterocycles. The van der Waals surface area contributed by atoms with Gasteiger partial charge in [0.2, 0.25) is 0 Å². The number of hydrogen-bond donors (Lipinski definition) is 0. The molecule has 0 heterocycles. The van der Waals surface area contributed by atoms with E-state index >= 15 is 0 Å². The summed E-state index contributed by atoms with van der Waals surface area (Å²) in [5, 5.41) is 0. The highest BCUT2D eigenvalue weighted by Crippen LogP contribution is 2.01. The van der Waals surface area contributed by atoms with Crippen LogP contribution in [0.3, 0.4) is 0 Å². The smallest absolute Gasteiger partial charge is 0.342 e. The molecule has 0 bridgehead atoms. The SMILES string of the molecule is C=COC(=O)c1ccccc1.C=COC(=O)c1ccccc1. The Kier molecular flexibility index (Phi) is 7.47. The van der Waals surface area contributed by atoms with E-state index in [9.17, 15) is 9.59 Å². The summed E-state index contributed by atoms with van der Waals surface area (Å²) in [6, 6.07) is 17.5. The number of hydrogen-bond acceptors (Lipinski definition) is 4. The van der Waals surface area contributed by atoms with Crippen LogP contribution in [-0.4, -0.2) is 11.9 Å². The molecule has 0 saturated carbocycles. The predicted molar refractivity (Wildman–Crippen MR) is 84.1 cm³/mol. The van der Waals surface area contributed by atoms with Crippen LogP contribution in [0.25, 0.3) is 0 Å². The minimum atomic E-state index is -0.374. The first kappa shape index (κ1) is 16.9. The fourth-order valence-corrected chi connectivity index (χ4v) is 1.44. The van der Waals surface area contributed by atoms with Gasteiger partial charge in [0.1, 0.15) is 0 Å². The van der Waals surface area contributed by atoms with Gasteiger partial charge < -0.3 is 9.47 Å². The Morgan fingerprint density at radius 2 is 1.00 bits per heavy atom. The largest absolute Gasteiger partial charge is 0.432 e. The van der Waals surface area contributed by atoms with Gasteiger partial charge in [0.15, 0.2) is 0 Å². The monoisotopic (exact) mass is 296 g/mol. The summed E-state index contributed by atoms with van der Waals surface area (Å²) in [5.74, 6) is -0.749. The van der Waals surface area contributed by atoms with Crippen molar-refractivity contribution in [2.45, 2.75) is 0 Å². The van der Waals surface area contributed by atoms with E-state index in [1.165, 1.54) is 0 Å². The van der Waals surface area contributed by atoms with Crippen molar-refractivity contribution in [1.29, 1.82) is 0 Å². The summed E-state index contributed by atoms with van der Waals surface area (Å²) >= 11 is 0. The summed E-state index contributed by atoms with van der Waals surface area (Å²) in [5.41, 5.74) is 1.07. The van der Waals surface area contributed by atoms with E-state index in [2.05, 4.69) is 22.6 Å². The second kappa shape index (κ2) is 9.72. The van der Waals surface area contributed by atoms with E-state index in [0.717, 1.165) is 12.5 Å². The molecule has 2 aromatic rings. The lowest BCUT2D eigenvalue weighted by molar-refractivity contribution is 0.0654. The van der Waals surface area contributed by atoms with Gasteiger partial charge in [-0.2, -0.15) is 0 Å². The van der Waals surface area contributed by atoms with Gasteiger partial charge in [-0.1, -0.05) is 49.6 Å². The molecular formula is C18H16O4. The van der Waals surface area contributed by atoms with E-state index in [4.69, 9.17) is 0 Å². The van der Waals surface area contributed by atoms with Gasteiger partial charge in [-0.05, 0) is 24.3 Å². The van der Waals surface area contributed by atoms with Crippen LogP contribution in [0.1, 0.15) is 20.7 Å². The Hall–Kier alpha value is -3.14. The maximum Gasteiger partial charge on any atom is 0.342 e. The molecule has 0 aromatic heterocycles. The zero-order valence-electron chi connectivity index (χ0n) is 12.0. The lowest BCUT2D eigenvalue weighted by Crippen LogP contribution is -1.98. The van der Waals surface area contributed by atoms with Crippen LogP contribution in [0, 0.1) is 0 Å². The molecule has 0 aliphatic rings.